The molecular weight excluding hydrogens is 564 g/mol. The maximum Gasteiger partial charge on any atom is 0.414 e. The monoisotopic (exact) mass is 595 g/mol. The van der Waals surface area contributed by atoms with Crippen molar-refractivity contribution < 1.29 is 33.0 Å². The van der Waals surface area contributed by atoms with Crippen LogP contribution >= 0.6 is 0 Å². The summed E-state index contributed by atoms with van der Waals surface area (Å²) in [4.78, 5) is 53.1. The number of carboxylic acid groups (broad SMARTS) is 1. The van der Waals surface area contributed by atoms with E-state index in [1.54, 1.807) is 19.1 Å². The van der Waals surface area contributed by atoms with Gasteiger partial charge in [-0.1, -0.05) is 0 Å². The molecule has 4 heterocycles. The number of carboxylic acids is 1. The van der Waals surface area contributed by atoms with Gasteiger partial charge in [0.2, 0.25) is 5.91 Å². The summed E-state index contributed by atoms with van der Waals surface area (Å²) in [5.74, 6) is -2.60. The first kappa shape index (κ1) is 28.4. The third-order valence-corrected chi connectivity index (χ3v) is 8.32. The average Bonchev–Trinajstić information content (AvgIpc) is 3.74. The number of amides is 2. The van der Waals surface area contributed by atoms with Crippen molar-refractivity contribution in [1.82, 2.24) is 9.72 Å². The van der Waals surface area contributed by atoms with Gasteiger partial charge >= 0.3 is 12.1 Å². The average molecular weight is 596 g/mol. The number of rotatable bonds is 7. The SMILES string of the molecule is CC(=O)NC[C@H]1CN(c2ccc(N3CCN(c4c(F)cn5c(=O)c(C(=O)O)cc(C6CC6)c5c4C)CC3)c(F)c2)C(=O)O1. The van der Waals surface area contributed by atoms with Crippen molar-refractivity contribution in [3.63, 3.8) is 0 Å². The van der Waals surface area contributed by atoms with Crippen molar-refractivity contribution in [1.29, 1.82) is 0 Å². The van der Waals surface area contributed by atoms with E-state index in [-0.39, 0.29) is 30.5 Å². The molecule has 0 radical (unpaired) electrons. The zero-order valence-corrected chi connectivity index (χ0v) is 23.7. The van der Waals surface area contributed by atoms with Gasteiger partial charge in [-0.2, -0.15) is 0 Å². The fraction of sp³-hybridized carbons (Fsp3) is 0.400. The third kappa shape index (κ3) is 5.23. The van der Waals surface area contributed by atoms with Gasteiger partial charge in [0.1, 0.15) is 17.5 Å². The molecule has 2 aliphatic heterocycles. The maximum atomic E-state index is 15.6. The molecule has 1 saturated carbocycles. The minimum Gasteiger partial charge on any atom is -0.477 e. The zero-order chi connectivity index (χ0) is 30.6. The van der Waals surface area contributed by atoms with Gasteiger partial charge in [-0.25, -0.2) is 18.4 Å². The normalized spacial score (nSPS) is 18.7. The smallest absolute Gasteiger partial charge is 0.414 e. The third-order valence-electron chi connectivity index (χ3n) is 8.32. The number of anilines is 3. The number of fused-ring (bicyclic) bond motifs is 1. The van der Waals surface area contributed by atoms with Gasteiger partial charge in [0.15, 0.2) is 5.82 Å². The number of carbonyl (C=O) groups excluding carboxylic acids is 2. The number of halogens is 2. The number of ether oxygens (including phenoxy) is 1. The fourth-order valence-electron chi connectivity index (χ4n) is 6.08. The van der Waals surface area contributed by atoms with E-state index in [4.69, 9.17) is 4.74 Å². The minimum absolute atomic E-state index is 0.124. The number of aromatic carboxylic acids is 1. The van der Waals surface area contributed by atoms with E-state index in [2.05, 4.69) is 5.32 Å². The topological polar surface area (TPSA) is 124 Å². The highest BCUT2D eigenvalue weighted by atomic mass is 19.1. The molecule has 43 heavy (non-hydrogen) atoms. The van der Waals surface area contributed by atoms with Crippen molar-refractivity contribution in [3.05, 3.63) is 69.1 Å². The Morgan fingerprint density at radius 2 is 1.74 bits per heavy atom. The summed E-state index contributed by atoms with van der Waals surface area (Å²) in [6, 6.07) is 5.95. The molecule has 3 aliphatic rings. The number of carbonyl (C=O) groups is 3. The van der Waals surface area contributed by atoms with Crippen LogP contribution in [-0.4, -0.2) is 72.8 Å². The van der Waals surface area contributed by atoms with Crippen LogP contribution in [0.3, 0.4) is 0 Å². The Balaban J connectivity index is 1.20. The molecule has 13 heteroatoms. The van der Waals surface area contributed by atoms with Crippen LogP contribution in [0.4, 0.5) is 30.6 Å². The van der Waals surface area contributed by atoms with Gasteiger partial charge in [-0.3, -0.25) is 18.9 Å². The quantitative estimate of drug-likeness (QED) is 0.427. The minimum atomic E-state index is -1.34. The predicted molar refractivity (Wildman–Crippen MR) is 154 cm³/mol. The Morgan fingerprint density at radius 1 is 1.05 bits per heavy atom. The molecule has 0 bridgehead atoms. The highest BCUT2D eigenvalue weighted by Crippen LogP contribution is 2.44. The molecule has 1 aliphatic carbocycles. The van der Waals surface area contributed by atoms with Crippen LogP contribution < -0.4 is 25.6 Å². The van der Waals surface area contributed by atoms with E-state index in [1.165, 1.54) is 24.0 Å². The summed E-state index contributed by atoms with van der Waals surface area (Å²) < 4.78 is 37.3. The largest absolute Gasteiger partial charge is 0.477 e. The number of pyridine rings is 2. The van der Waals surface area contributed by atoms with E-state index in [0.29, 0.717) is 54.3 Å². The standard InChI is InChI=1S/C30H31F2N5O6/c1-16-26-21(18-3-4-18)12-22(29(40)41)28(39)37(26)15-24(32)27(16)35-9-7-34(8-10-35)25-6-5-19(11-23(25)31)36-14-20(43-30(36)42)13-33-17(2)38/h5-6,11-12,15,18,20H,3-4,7-10,13-14H2,1-2H3,(H,33,38)(H,40,41)/t20-/m0/s1. The lowest BCUT2D eigenvalue weighted by molar-refractivity contribution is -0.119. The first-order valence-electron chi connectivity index (χ1n) is 14.2. The number of nitrogens with zero attached hydrogens (tertiary/aromatic N) is 4. The van der Waals surface area contributed by atoms with Gasteiger partial charge in [0.05, 0.1) is 41.9 Å². The van der Waals surface area contributed by atoms with E-state index in [9.17, 15) is 24.3 Å². The zero-order valence-electron chi connectivity index (χ0n) is 23.7. The molecule has 6 rings (SSSR count). The summed E-state index contributed by atoms with van der Waals surface area (Å²) in [6.45, 7) is 5.02. The Kier molecular flexibility index (Phi) is 7.18. The lowest BCUT2D eigenvalue weighted by Crippen LogP contribution is -2.47. The second-order valence-corrected chi connectivity index (χ2v) is 11.2. The summed E-state index contributed by atoms with van der Waals surface area (Å²) >= 11 is 0. The Hall–Kier alpha value is -4.68. The molecule has 2 aromatic heterocycles. The fourth-order valence-corrected chi connectivity index (χ4v) is 6.08. The molecule has 1 atom stereocenters. The van der Waals surface area contributed by atoms with E-state index in [0.717, 1.165) is 29.0 Å². The first-order chi connectivity index (χ1) is 20.5. The molecule has 3 aromatic rings. The van der Waals surface area contributed by atoms with Crippen LogP contribution in [0.5, 0.6) is 0 Å². The van der Waals surface area contributed by atoms with Crippen molar-refractivity contribution in [2.24, 2.45) is 0 Å². The van der Waals surface area contributed by atoms with E-state index >= 15 is 8.78 Å². The Morgan fingerprint density at radius 3 is 2.37 bits per heavy atom. The number of hydrogen-bond donors (Lipinski definition) is 2. The number of piperazine rings is 1. The molecular formula is C30H31F2N5O6. The van der Waals surface area contributed by atoms with Crippen LogP contribution in [0.25, 0.3) is 5.52 Å². The van der Waals surface area contributed by atoms with Gasteiger partial charge in [0, 0.05) is 33.1 Å². The molecule has 2 saturated heterocycles. The summed E-state index contributed by atoms with van der Waals surface area (Å²) in [5.41, 5.74) is 1.74. The lowest BCUT2D eigenvalue weighted by atomic mass is 10.0. The molecule has 0 unspecified atom stereocenters. The number of hydrogen-bond acceptors (Lipinski definition) is 7. The van der Waals surface area contributed by atoms with Gasteiger partial charge in [-0.05, 0) is 61.1 Å². The second-order valence-electron chi connectivity index (χ2n) is 11.2. The van der Waals surface area contributed by atoms with Crippen LogP contribution in [0.2, 0.25) is 0 Å². The highest BCUT2D eigenvalue weighted by molar-refractivity contribution is 5.90. The van der Waals surface area contributed by atoms with E-state index < -0.39 is 35.4 Å². The molecule has 11 nitrogen and oxygen atoms in total. The number of benzene rings is 1. The molecule has 0 spiro atoms. The number of aryl methyl sites for hydroxylation is 1. The molecule has 2 N–H and O–H groups in total. The first-order valence-corrected chi connectivity index (χ1v) is 14.2. The van der Waals surface area contributed by atoms with Crippen molar-refractivity contribution in [2.75, 3.05) is 54.0 Å². The molecule has 226 valence electrons. The highest BCUT2D eigenvalue weighted by Gasteiger charge is 2.34. The van der Waals surface area contributed by atoms with Crippen LogP contribution in [0.1, 0.15) is 47.2 Å². The number of nitrogens with one attached hydrogen (secondary N) is 1. The Labute approximate surface area is 245 Å². The Bertz CT molecular complexity index is 1710. The molecule has 3 fully saturated rings. The van der Waals surface area contributed by atoms with E-state index in [1.807, 2.05) is 9.80 Å². The van der Waals surface area contributed by atoms with Crippen LogP contribution in [0.15, 0.2) is 35.3 Å². The van der Waals surface area contributed by atoms with Crippen molar-refractivity contribution in [2.45, 2.75) is 38.7 Å². The summed E-state index contributed by atoms with van der Waals surface area (Å²) in [5, 5.41) is 12.1. The summed E-state index contributed by atoms with van der Waals surface area (Å²) in [6.07, 6.45) is 1.67. The van der Waals surface area contributed by atoms with Gasteiger partial charge in [0.25, 0.3) is 5.56 Å². The maximum absolute atomic E-state index is 15.6. The second kappa shape index (κ2) is 10.9. The molecule has 1 aromatic carbocycles. The van der Waals surface area contributed by atoms with Crippen molar-refractivity contribution in [3.8, 4) is 0 Å². The van der Waals surface area contributed by atoms with Crippen LogP contribution in [-0.2, 0) is 9.53 Å². The summed E-state index contributed by atoms with van der Waals surface area (Å²) in [7, 11) is 0. The van der Waals surface area contributed by atoms with Gasteiger partial charge < -0.3 is 25.0 Å². The van der Waals surface area contributed by atoms with Crippen molar-refractivity contribution >= 4 is 40.5 Å². The number of aromatic nitrogens is 1. The molecule has 2 amide bonds. The van der Waals surface area contributed by atoms with Crippen LogP contribution in [0, 0.1) is 18.6 Å². The predicted octanol–water partition coefficient (Wildman–Crippen LogP) is 3.25. The number of cyclic esters (lactones) is 1. The lowest BCUT2D eigenvalue weighted by Gasteiger charge is -2.38. The van der Waals surface area contributed by atoms with Gasteiger partial charge in [-0.15, -0.1) is 0 Å².